The fraction of sp³-hybridized carbons (Fsp3) is 1.00. The standard InChI is InChI=1S/C8H19NO2/c1-7(2)4-9-5-8(10)6-11-3/h7-10H,4-6H2,1-3H3. The van der Waals surface area contributed by atoms with Gasteiger partial charge in [0.15, 0.2) is 0 Å². The van der Waals surface area contributed by atoms with Gasteiger partial charge in [-0.15, -0.1) is 0 Å². The summed E-state index contributed by atoms with van der Waals surface area (Å²) in [6, 6.07) is 0. The summed E-state index contributed by atoms with van der Waals surface area (Å²) in [5, 5.41) is 12.3. The van der Waals surface area contributed by atoms with Crippen LogP contribution in [0.4, 0.5) is 0 Å². The lowest BCUT2D eigenvalue weighted by Crippen LogP contribution is -2.32. The van der Waals surface area contributed by atoms with Crippen LogP contribution in [0.2, 0.25) is 0 Å². The van der Waals surface area contributed by atoms with Crippen molar-refractivity contribution in [2.24, 2.45) is 5.92 Å². The Balaban J connectivity index is 3.10. The first-order valence-corrected chi connectivity index (χ1v) is 4.04. The molecule has 0 aliphatic carbocycles. The van der Waals surface area contributed by atoms with Crippen LogP contribution >= 0.6 is 0 Å². The maximum absolute atomic E-state index is 9.17. The van der Waals surface area contributed by atoms with Crippen molar-refractivity contribution in [2.45, 2.75) is 20.0 Å². The van der Waals surface area contributed by atoms with Crippen molar-refractivity contribution in [3.8, 4) is 0 Å². The van der Waals surface area contributed by atoms with Gasteiger partial charge < -0.3 is 15.2 Å². The molecule has 0 aromatic carbocycles. The molecule has 0 saturated heterocycles. The van der Waals surface area contributed by atoms with Crippen molar-refractivity contribution in [3.05, 3.63) is 0 Å². The molecule has 0 radical (unpaired) electrons. The van der Waals surface area contributed by atoms with E-state index in [1.54, 1.807) is 7.11 Å². The summed E-state index contributed by atoms with van der Waals surface area (Å²) in [4.78, 5) is 0. The molecular formula is C8H19NO2. The molecule has 0 spiro atoms. The van der Waals surface area contributed by atoms with Gasteiger partial charge in [-0.2, -0.15) is 0 Å². The highest BCUT2D eigenvalue weighted by atomic mass is 16.5. The highest BCUT2D eigenvalue weighted by Crippen LogP contribution is 1.87. The Kier molecular flexibility index (Phi) is 6.51. The summed E-state index contributed by atoms with van der Waals surface area (Å²) in [7, 11) is 1.59. The second-order valence-electron chi connectivity index (χ2n) is 3.16. The fourth-order valence-electron chi connectivity index (χ4n) is 0.790. The van der Waals surface area contributed by atoms with Gasteiger partial charge in [-0.1, -0.05) is 13.8 Å². The third kappa shape index (κ3) is 7.78. The summed E-state index contributed by atoms with van der Waals surface area (Å²) in [5.41, 5.74) is 0. The number of hydrogen-bond acceptors (Lipinski definition) is 3. The van der Waals surface area contributed by atoms with Crippen LogP contribution in [-0.4, -0.2) is 38.0 Å². The third-order valence-electron chi connectivity index (χ3n) is 1.29. The van der Waals surface area contributed by atoms with Crippen LogP contribution in [0.25, 0.3) is 0 Å². The molecule has 1 atom stereocenters. The van der Waals surface area contributed by atoms with Gasteiger partial charge in [0.05, 0.1) is 12.7 Å². The Morgan fingerprint density at radius 3 is 2.45 bits per heavy atom. The number of aliphatic hydroxyl groups excluding tert-OH is 1. The van der Waals surface area contributed by atoms with E-state index in [1.807, 2.05) is 0 Å². The van der Waals surface area contributed by atoms with Gasteiger partial charge in [0, 0.05) is 13.7 Å². The monoisotopic (exact) mass is 161 g/mol. The summed E-state index contributed by atoms with van der Waals surface area (Å²) < 4.78 is 4.77. The van der Waals surface area contributed by atoms with Crippen LogP contribution in [0, 0.1) is 5.92 Å². The topological polar surface area (TPSA) is 41.5 Å². The molecule has 0 heterocycles. The van der Waals surface area contributed by atoms with E-state index in [0.29, 0.717) is 19.1 Å². The van der Waals surface area contributed by atoms with Crippen LogP contribution in [0.5, 0.6) is 0 Å². The lowest BCUT2D eigenvalue weighted by Gasteiger charge is -2.11. The van der Waals surface area contributed by atoms with E-state index in [-0.39, 0.29) is 6.10 Å². The van der Waals surface area contributed by atoms with E-state index in [9.17, 15) is 5.11 Å². The van der Waals surface area contributed by atoms with Gasteiger partial charge in [-0.3, -0.25) is 0 Å². The predicted molar refractivity (Wildman–Crippen MR) is 45.6 cm³/mol. The number of rotatable bonds is 6. The summed E-state index contributed by atoms with van der Waals surface area (Å²) in [5.74, 6) is 0.629. The molecule has 0 aliphatic rings. The Morgan fingerprint density at radius 2 is 2.00 bits per heavy atom. The van der Waals surface area contributed by atoms with Crippen molar-refractivity contribution in [1.29, 1.82) is 0 Å². The second-order valence-corrected chi connectivity index (χ2v) is 3.16. The number of nitrogens with one attached hydrogen (secondary N) is 1. The first-order chi connectivity index (χ1) is 5.16. The molecule has 0 rings (SSSR count). The lowest BCUT2D eigenvalue weighted by molar-refractivity contribution is 0.0642. The second kappa shape index (κ2) is 6.58. The van der Waals surface area contributed by atoms with Crippen LogP contribution in [-0.2, 0) is 4.74 Å². The Labute approximate surface area is 68.8 Å². The van der Waals surface area contributed by atoms with Crippen LogP contribution in [0.1, 0.15) is 13.8 Å². The minimum atomic E-state index is -0.376. The first-order valence-electron chi connectivity index (χ1n) is 4.04. The molecule has 68 valence electrons. The summed E-state index contributed by atoms with van der Waals surface area (Å²) in [6.45, 7) is 6.24. The maximum atomic E-state index is 9.17. The molecule has 0 aromatic heterocycles. The molecular weight excluding hydrogens is 142 g/mol. The summed E-state index contributed by atoms with van der Waals surface area (Å²) in [6.07, 6.45) is -0.376. The van der Waals surface area contributed by atoms with Crippen LogP contribution in [0.15, 0.2) is 0 Å². The fourth-order valence-corrected chi connectivity index (χ4v) is 0.790. The minimum Gasteiger partial charge on any atom is -0.389 e. The highest BCUT2D eigenvalue weighted by Gasteiger charge is 2.01. The van der Waals surface area contributed by atoms with Crippen LogP contribution in [0.3, 0.4) is 0 Å². The average Bonchev–Trinajstić information content (AvgIpc) is 1.87. The van der Waals surface area contributed by atoms with E-state index in [1.165, 1.54) is 0 Å². The molecule has 1 unspecified atom stereocenters. The number of methoxy groups -OCH3 is 1. The van der Waals surface area contributed by atoms with E-state index in [4.69, 9.17) is 4.74 Å². The Morgan fingerprint density at radius 1 is 1.36 bits per heavy atom. The largest absolute Gasteiger partial charge is 0.389 e. The molecule has 3 heteroatoms. The predicted octanol–water partition coefficient (Wildman–Crippen LogP) is 0.239. The van der Waals surface area contributed by atoms with Crippen LogP contribution < -0.4 is 5.32 Å². The average molecular weight is 161 g/mol. The molecule has 0 amide bonds. The van der Waals surface area contributed by atoms with Gasteiger partial charge in [0.2, 0.25) is 0 Å². The lowest BCUT2D eigenvalue weighted by atomic mass is 10.2. The van der Waals surface area contributed by atoms with E-state index >= 15 is 0 Å². The zero-order valence-corrected chi connectivity index (χ0v) is 7.63. The zero-order chi connectivity index (χ0) is 8.69. The van der Waals surface area contributed by atoms with Gasteiger partial charge in [0.1, 0.15) is 0 Å². The van der Waals surface area contributed by atoms with Gasteiger partial charge in [-0.25, -0.2) is 0 Å². The summed E-state index contributed by atoms with van der Waals surface area (Å²) >= 11 is 0. The molecule has 11 heavy (non-hydrogen) atoms. The number of hydrogen-bond donors (Lipinski definition) is 2. The molecule has 0 saturated carbocycles. The van der Waals surface area contributed by atoms with Crippen molar-refractivity contribution < 1.29 is 9.84 Å². The van der Waals surface area contributed by atoms with E-state index in [0.717, 1.165) is 6.54 Å². The van der Waals surface area contributed by atoms with Crippen molar-refractivity contribution in [2.75, 3.05) is 26.8 Å². The smallest absolute Gasteiger partial charge is 0.0897 e. The molecule has 0 aliphatic heterocycles. The quantitative estimate of drug-likeness (QED) is 0.586. The Bertz CT molecular complexity index is 86.2. The first kappa shape index (κ1) is 10.9. The van der Waals surface area contributed by atoms with E-state index in [2.05, 4.69) is 19.2 Å². The van der Waals surface area contributed by atoms with Crippen molar-refractivity contribution in [1.82, 2.24) is 5.32 Å². The third-order valence-corrected chi connectivity index (χ3v) is 1.29. The van der Waals surface area contributed by atoms with Gasteiger partial charge in [0.25, 0.3) is 0 Å². The molecule has 0 aromatic rings. The molecule has 2 N–H and O–H groups in total. The number of ether oxygens (including phenoxy) is 1. The van der Waals surface area contributed by atoms with Gasteiger partial charge >= 0.3 is 0 Å². The van der Waals surface area contributed by atoms with Crippen molar-refractivity contribution in [3.63, 3.8) is 0 Å². The normalized spacial score (nSPS) is 13.9. The zero-order valence-electron chi connectivity index (χ0n) is 7.63. The molecule has 0 fully saturated rings. The van der Waals surface area contributed by atoms with Gasteiger partial charge in [-0.05, 0) is 12.5 Å². The minimum absolute atomic E-state index is 0.376. The molecule has 3 nitrogen and oxygen atoms in total. The van der Waals surface area contributed by atoms with E-state index < -0.39 is 0 Å². The van der Waals surface area contributed by atoms with Crippen molar-refractivity contribution >= 4 is 0 Å². The number of aliphatic hydroxyl groups is 1. The maximum Gasteiger partial charge on any atom is 0.0897 e. The Hall–Kier alpha value is -0.120. The molecule has 0 bridgehead atoms. The SMILES string of the molecule is COCC(O)CNCC(C)C. The highest BCUT2D eigenvalue weighted by molar-refractivity contribution is 4.58.